The van der Waals surface area contributed by atoms with E-state index in [4.69, 9.17) is 5.11 Å². The van der Waals surface area contributed by atoms with Gasteiger partial charge in [-0.15, -0.1) is 0 Å². The Labute approximate surface area is 102 Å². The lowest BCUT2D eigenvalue weighted by Gasteiger charge is -2.18. The first-order valence-electron chi connectivity index (χ1n) is 6.25. The van der Waals surface area contributed by atoms with Crippen LogP contribution in [0.4, 0.5) is 0 Å². The first-order chi connectivity index (χ1) is 8.06. The van der Waals surface area contributed by atoms with Gasteiger partial charge in [0.15, 0.2) is 0 Å². The summed E-state index contributed by atoms with van der Waals surface area (Å²) in [6.45, 7) is 4.38. The molecule has 0 bridgehead atoms. The lowest BCUT2D eigenvalue weighted by molar-refractivity contribution is -0.146. The zero-order chi connectivity index (χ0) is 12.8. The number of amides is 1. The van der Waals surface area contributed by atoms with Gasteiger partial charge in [0.05, 0.1) is 11.8 Å². The van der Waals surface area contributed by atoms with Crippen LogP contribution in [0.15, 0.2) is 0 Å². The van der Waals surface area contributed by atoms with Crippen LogP contribution >= 0.6 is 0 Å². The molecule has 1 amide bonds. The number of hydrogen-bond acceptors (Lipinski definition) is 3. The topological polar surface area (TPSA) is 69.6 Å². The molecule has 0 heterocycles. The molecule has 0 aliphatic heterocycles. The van der Waals surface area contributed by atoms with Gasteiger partial charge in [-0.2, -0.15) is 0 Å². The minimum Gasteiger partial charge on any atom is -0.481 e. The number of hydrogen-bond donors (Lipinski definition) is 2. The SMILES string of the molecule is CCN(C)CCNC(=O)C1CCCC1C(=O)O. The maximum Gasteiger partial charge on any atom is 0.307 e. The molecule has 1 rings (SSSR count). The summed E-state index contributed by atoms with van der Waals surface area (Å²) in [6.07, 6.45) is 2.17. The molecule has 2 N–H and O–H groups in total. The number of likely N-dealkylation sites (N-methyl/N-ethyl adjacent to an activating group) is 1. The Hall–Kier alpha value is -1.10. The third-order valence-electron chi connectivity index (χ3n) is 3.50. The van der Waals surface area contributed by atoms with Gasteiger partial charge in [0, 0.05) is 13.1 Å². The van der Waals surface area contributed by atoms with Crippen LogP contribution in [0, 0.1) is 11.8 Å². The Morgan fingerprint density at radius 1 is 1.35 bits per heavy atom. The summed E-state index contributed by atoms with van der Waals surface area (Å²) in [6, 6.07) is 0. The second-order valence-electron chi connectivity index (χ2n) is 4.67. The highest BCUT2D eigenvalue weighted by Crippen LogP contribution is 2.31. The van der Waals surface area contributed by atoms with Gasteiger partial charge in [0.1, 0.15) is 0 Å². The van der Waals surface area contributed by atoms with Crippen molar-refractivity contribution in [2.45, 2.75) is 26.2 Å². The molecule has 0 aromatic rings. The zero-order valence-electron chi connectivity index (χ0n) is 10.6. The van der Waals surface area contributed by atoms with E-state index >= 15 is 0 Å². The molecule has 17 heavy (non-hydrogen) atoms. The van der Waals surface area contributed by atoms with E-state index in [1.165, 1.54) is 0 Å². The first-order valence-corrected chi connectivity index (χ1v) is 6.25. The molecular formula is C12H22N2O3. The minimum atomic E-state index is -0.840. The molecule has 0 radical (unpaired) electrons. The molecule has 5 nitrogen and oxygen atoms in total. The highest BCUT2D eigenvalue weighted by Gasteiger charge is 2.37. The summed E-state index contributed by atoms with van der Waals surface area (Å²) in [7, 11) is 1.99. The molecule has 0 aromatic heterocycles. The van der Waals surface area contributed by atoms with Gasteiger partial charge in [-0.3, -0.25) is 9.59 Å². The second kappa shape index (κ2) is 6.59. The molecule has 1 aliphatic carbocycles. The van der Waals surface area contributed by atoms with Crippen molar-refractivity contribution in [1.82, 2.24) is 10.2 Å². The van der Waals surface area contributed by atoms with Crippen LogP contribution in [-0.2, 0) is 9.59 Å². The van der Waals surface area contributed by atoms with E-state index in [2.05, 4.69) is 17.1 Å². The second-order valence-corrected chi connectivity index (χ2v) is 4.67. The van der Waals surface area contributed by atoms with Crippen molar-refractivity contribution in [2.24, 2.45) is 11.8 Å². The summed E-state index contributed by atoms with van der Waals surface area (Å²) in [5.74, 6) is -1.76. The Balaban J connectivity index is 2.34. The van der Waals surface area contributed by atoms with Gasteiger partial charge in [-0.25, -0.2) is 0 Å². The lowest BCUT2D eigenvalue weighted by Crippen LogP contribution is -2.39. The van der Waals surface area contributed by atoms with Crippen molar-refractivity contribution >= 4 is 11.9 Å². The number of carboxylic acids is 1. The summed E-state index contributed by atoms with van der Waals surface area (Å²) >= 11 is 0. The smallest absolute Gasteiger partial charge is 0.307 e. The Morgan fingerprint density at radius 2 is 2.00 bits per heavy atom. The molecule has 2 unspecified atom stereocenters. The number of carboxylic acid groups (broad SMARTS) is 1. The van der Waals surface area contributed by atoms with Crippen molar-refractivity contribution in [3.63, 3.8) is 0 Å². The molecular weight excluding hydrogens is 220 g/mol. The maximum atomic E-state index is 11.8. The van der Waals surface area contributed by atoms with Crippen molar-refractivity contribution in [2.75, 3.05) is 26.7 Å². The van der Waals surface area contributed by atoms with E-state index in [1.54, 1.807) is 0 Å². The highest BCUT2D eigenvalue weighted by molar-refractivity contribution is 5.85. The lowest BCUT2D eigenvalue weighted by atomic mass is 9.95. The van der Waals surface area contributed by atoms with Crippen LogP contribution in [0.1, 0.15) is 26.2 Å². The minimum absolute atomic E-state index is 0.0978. The van der Waals surface area contributed by atoms with Crippen LogP contribution in [-0.4, -0.2) is 48.6 Å². The van der Waals surface area contributed by atoms with E-state index < -0.39 is 11.9 Å². The van der Waals surface area contributed by atoms with Crippen LogP contribution in [0.25, 0.3) is 0 Å². The number of nitrogens with one attached hydrogen (secondary N) is 1. The van der Waals surface area contributed by atoms with Crippen molar-refractivity contribution in [3.8, 4) is 0 Å². The van der Waals surface area contributed by atoms with E-state index in [-0.39, 0.29) is 11.8 Å². The fourth-order valence-electron chi connectivity index (χ4n) is 2.23. The largest absolute Gasteiger partial charge is 0.481 e. The molecule has 98 valence electrons. The average Bonchev–Trinajstić information content (AvgIpc) is 2.77. The van der Waals surface area contributed by atoms with Crippen molar-refractivity contribution < 1.29 is 14.7 Å². The van der Waals surface area contributed by atoms with E-state index in [9.17, 15) is 9.59 Å². The van der Waals surface area contributed by atoms with Crippen LogP contribution in [0.5, 0.6) is 0 Å². The van der Waals surface area contributed by atoms with E-state index in [1.807, 2.05) is 7.05 Å². The molecule has 0 saturated heterocycles. The number of rotatable bonds is 6. The fraction of sp³-hybridized carbons (Fsp3) is 0.833. The van der Waals surface area contributed by atoms with Gasteiger partial charge in [0.25, 0.3) is 0 Å². The molecule has 1 fully saturated rings. The van der Waals surface area contributed by atoms with Crippen LogP contribution < -0.4 is 5.32 Å². The summed E-state index contributed by atoms with van der Waals surface area (Å²) in [5.41, 5.74) is 0. The van der Waals surface area contributed by atoms with Crippen molar-refractivity contribution in [3.05, 3.63) is 0 Å². The average molecular weight is 242 g/mol. The summed E-state index contributed by atoms with van der Waals surface area (Å²) in [5, 5.41) is 11.8. The third kappa shape index (κ3) is 4.00. The Morgan fingerprint density at radius 3 is 2.59 bits per heavy atom. The fourth-order valence-corrected chi connectivity index (χ4v) is 2.23. The van der Waals surface area contributed by atoms with Gasteiger partial charge >= 0.3 is 5.97 Å². The number of carbonyl (C=O) groups is 2. The van der Waals surface area contributed by atoms with Gasteiger partial charge in [-0.1, -0.05) is 13.3 Å². The normalized spacial score (nSPS) is 23.9. The molecule has 5 heteroatoms. The predicted octanol–water partition coefficient (Wildman–Crippen LogP) is 0.555. The van der Waals surface area contributed by atoms with Gasteiger partial charge in [-0.05, 0) is 26.4 Å². The van der Waals surface area contributed by atoms with Crippen molar-refractivity contribution in [1.29, 1.82) is 0 Å². The predicted molar refractivity (Wildman–Crippen MR) is 64.6 cm³/mol. The Kier molecular flexibility index (Phi) is 5.41. The van der Waals surface area contributed by atoms with E-state index in [0.29, 0.717) is 19.4 Å². The highest BCUT2D eigenvalue weighted by atomic mass is 16.4. The quantitative estimate of drug-likeness (QED) is 0.714. The standard InChI is InChI=1S/C12H22N2O3/c1-3-14(2)8-7-13-11(15)9-5-4-6-10(9)12(16)17/h9-10H,3-8H2,1-2H3,(H,13,15)(H,16,17). The van der Waals surface area contributed by atoms with Crippen LogP contribution in [0.2, 0.25) is 0 Å². The first kappa shape index (κ1) is 14.0. The number of aliphatic carboxylic acids is 1. The summed E-state index contributed by atoms with van der Waals surface area (Å²) < 4.78 is 0. The van der Waals surface area contributed by atoms with E-state index in [0.717, 1.165) is 19.5 Å². The molecule has 0 spiro atoms. The zero-order valence-corrected chi connectivity index (χ0v) is 10.6. The monoisotopic (exact) mass is 242 g/mol. The van der Waals surface area contributed by atoms with Crippen LogP contribution in [0.3, 0.4) is 0 Å². The number of carbonyl (C=O) groups excluding carboxylic acids is 1. The Bertz CT molecular complexity index is 281. The molecule has 1 saturated carbocycles. The molecule has 1 aliphatic rings. The maximum absolute atomic E-state index is 11.8. The molecule has 0 aromatic carbocycles. The number of nitrogens with zero attached hydrogens (tertiary/aromatic N) is 1. The summed E-state index contributed by atoms with van der Waals surface area (Å²) in [4.78, 5) is 24.9. The van der Waals surface area contributed by atoms with Gasteiger partial charge < -0.3 is 15.3 Å². The molecule has 2 atom stereocenters. The van der Waals surface area contributed by atoms with Gasteiger partial charge in [0.2, 0.25) is 5.91 Å². The third-order valence-corrected chi connectivity index (χ3v) is 3.50.